The average Bonchev–Trinajstić information content (AvgIpc) is 3.19. The lowest BCUT2D eigenvalue weighted by atomic mass is 9.96. The van der Waals surface area contributed by atoms with Crippen LogP contribution in [0, 0.1) is 19.8 Å². The first kappa shape index (κ1) is 19.3. The van der Waals surface area contributed by atoms with Crippen molar-refractivity contribution >= 4 is 33.4 Å². The maximum Gasteiger partial charge on any atom is 0.281 e. The van der Waals surface area contributed by atoms with Crippen LogP contribution in [0.3, 0.4) is 0 Å². The maximum absolute atomic E-state index is 12.9. The van der Waals surface area contributed by atoms with Gasteiger partial charge in [0, 0.05) is 18.7 Å². The number of piperidine rings is 1. The number of hydrogen-bond donors (Lipinski definition) is 1. The van der Waals surface area contributed by atoms with Crippen molar-refractivity contribution in [3.05, 3.63) is 63.0 Å². The third kappa shape index (κ3) is 3.80. The first-order valence-corrected chi connectivity index (χ1v) is 10.5. The van der Waals surface area contributed by atoms with Gasteiger partial charge in [0.2, 0.25) is 5.91 Å². The van der Waals surface area contributed by atoms with Crippen molar-refractivity contribution in [3.63, 3.8) is 0 Å². The van der Waals surface area contributed by atoms with Crippen molar-refractivity contribution in [2.45, 2.75) is 26.7 Å². The number of rotatable bonds is 3. The summed E-state index contributed by atoms with van der Waals surface area (Å²) in [7, 11) is 0. The number of carbonyl (C=O) groups is 2. The third-order valence-corrected chi connectivity index (χ3v) is 6.07. The molecule has 150 valence electrons. The number of amides is 2. The Bertz CT molecular complexity index is 1130. The van der Waals surface area contributed by atoms with Gasteiger partial charge in [0.15, 0.2) is 0 Å². The third-order valence-electron chi connectivity index (χ3n) is 5.27. The molecule has 2 amide bonds. The minimum absolute atomic E-state index is 0.0720. The monoisotopic (exact) mass is 410 g/mol. The van der Waals surface area contributed by atoms with E-state index in [1.807, 2.05) is 31.2 Å². The molecule has 1 saturated heterocycles. The fourth-order valence-corrected chi connectivity index (χ4v) is 4.40. The minimum atomic E-state index is -0.373. The fraction of sp³-hybridized carbons (Fsp3) is 0.333. The number of nitrogens with zero attached hydrogens (tertiary/aromatic N) is 3. The lowest BCUT2D eigenvalue weighted by Crippen LogP contribution is -2.46. The van der Waals surface area contributed by atoms with Crippen LogP contribution in [0.2, 0.25) is 0 Å². The van der Waals surface area contributed by atoms with Gasteiger partial charge in [-0.1, -0.05) is 17.7 Å². The van der Waals surface area contributed by atoms with Gasteiger partial charge in [-0.3, -0.25) is 19.8 Å². The second-order valence-electron chi connectivity index (χ2n) is 7.37. The molecular formula is C21H22N4O3S. The van der Waals surface area contributed by atoms with Crippen LogP contribution in [0.1, 0.15) is 34.6 Å². The molecule has 0 spiro atoms. The van der Waals surface area contributed by atoms with Gasteiger partial charge >= 0.3 is 0 Å². The van der Waals surface area contributed by atoms with Gasteiger partial charge in [-0.2, -0.15) is 0 Å². The van der Waals surface area contributed by atoms with Crippen molar-refractivity contribution in [2.24, 2.45) is 5.92 Å². The summed E-state index contributed by atoms with van der Waals surface area (Å²) in [6, 6.07) is 9.15. The van der Waals surface area contributed by atoms with Crippen LogP contribution in [0.4, 0.5) is 0 Å². The van der Waals surface area contributed by atoms with E-state index in [1.54, 1.807) is 23.3 Å². The van der Waals surface area contributed by atoms with E-state index in [1.165, 1.54) is 16.0 Å². The van der Waals surface area contributed by atoms with Crippen molar-refractivity contribution in [1.29, 1.82) is 0 Å². The second kappa shape index (κ2) is 7.79. The van der Waals surface area contributed by atoms with Crippen LogP contribution < -0.4 is 11.0 Å². The Morgan fingerprint density at radius 3 is 2.69 bits per heavy atom. The largest absolute Gasteiger partial charge is 0.338 e. The number of carbonyl (C=O) groups excluding carboxylic acids is 2. The summed E-state index contributed by atoms with van der Waals surface area (Å²) in [5.74, 6) is -0.283. The Hall–Kier alpha value is -3.00. The number of benzene rings is 1. The summed E-state index contributed by atoms with van der Waals surface area (Å²) in [5.41, 5.74) is 4.13. The van der Waals surface area contributed by atoms with Crippen molar-refractivity contribution in [3.8, 4) is 0 Å². The minimum Gasteiger partial charge on any atom is -0.338 e. The molecule has 0 radical (unpaired) electrons. The molecule has 3 heterocycles. The summed E-state index contributed by atoms with van der Waals surface area (Å²) in [4.78, 5) is 45.1. The molecule has 0 bridgehead atoms. The molecule has 0 aliphatic carbocycles. The number of thiophene rings is 1. The lowest BCUT2D eigenvalue weighted by Gasteiger charge is -2.32. The molecular weight excluding hydrogens is 388 g/mol. The van der Waals surface area contributed by atoms with Crippen LogP contribution in [-0.2, 0) is 4.79 Å². The summed E-state index contributed by atoms with van der Waals surface area (Å²) in [6.07, 6.45) is 1.41. The molecule has 1 N–H and O–H groups in total. The predicted octanol–water partition coefficient (Wildman–Crippen LogP) is 2.70. The molecule has 1 fully saturated rings. The summed E-state index contributed by atoms with van der Waals surface area (Å²) >= 11 is 1.39. The Morgan fingerprint density at radius 1 is 1.17 bits per heavy atom. The number of likely N-dealkylation sites (tertiary alicyclic amines) is 1. The topological polar surface area (TPSA) is 84.3 Å². The quantitative estimate of drug-likeness (QED) is 0.720. The van der Waals surface area contributed by atoms with Crippen LogP contribution in [0.25, 0.3) is 10.2 Å². The summed E-state index contributed by atoms with van der Waals surface area (Å²) < 4.78 is 1.21. The lowest BCUT2D eigenvalue weighted by molar-refractivity contribution is -0.122. The molecule has 1 aliphatic rings. The first-order chi connectivity index (χ1) is 13.9. The van der Waals surface area contributed by atoms with Gasteiger partial charge in [0.05, 0.1) is 11.3 Å². The molecule has 29 heavy (non-hydrogen) atoms. The first-order valence-electron chi connectivity index (χ1n) is 9.57. The highest BCUT2D eigenvalue weighted by atomic mass is 32.1. The SMILES string of the molecule is Cc1ccc(C(=O)N2CCCC(C(=O)Nn3c(C)nc4sccc4c3=O)C2)cc1. The zero-order valence-corrected chi connectivity index (χ0v) is 17.2. The van der Waals surface area contributed by atoms with E-state index in [0.29, 0.717) is 41.1 Å². The molecule has 7 nitrogen and oxygen atoms in total. The Kier molecular flexibility index (Phi) is 5.19. The van der Waals surface area contributed by atoms with Crippen LogP contribution >= 0.6 is 11.3 Å². The van der Waals surface area contributed by atoms with Gasteiger partial charge in [-0.25, -0.2) is 9.66 Å². The second-order valence-corrected chi connectivity index (χ2v) is 8.27. The van der Waals surface area contributed by atoms with E-state index < -0.39 is 0 Å². The van der Waals surface area contributed by atoms with E-state index in [2.05, 4.69) is 10.4 Å². The molecule has 4 rings (SSSR count). The van der Waals surface area contributed by atoms with E-state index >= 15 is 0 Å². The van der Waals surface area contributed by atoms with E-state index in [0.717, 1.165) is 12.0 Å². The summed E-state index contributed by atoms with van der Waals surface area (Å²) in [6.45, 7) is 4.62. The van der Waals surface area contributed by atoms with Crippen molar-refractivity contribution in [1.82, 2.24) is 14.6 Å². The smallest absolute Gasteiger partial charge is 0.281 e. The highest BCUT2D eigenvalue weighted by Gasteiger charge is 2.29. The molecule has 0 saturated carbocycles. The Balaban J connectivity index is 1.50. The molecule has 1 unspecified atom stereocenters. The Morgan fingerprint density at radius 2 is 1.93 bits per heavy atom. The molecule has 1 atom stereocenters. The Labute approximate surface area is 172 Å². The van der Waals surface area contributed by atoms with E-state index in [4.69, 9.17) is 0 Å². The van der Waals surface area contributed by atoms with Gasteiger partial charge < -0.3 is 4.90 Å². The van der Waals surface area contributed by atoms with Gasteiger partial charge in [0.25, 0.3) is 11.5 Å². The zero-order chi connectivity index (χ0) is 20.5. The fourth-order valence-electron chi connectivity index (χ4n) is 3.60. The van der Waals surface area contributed by atoms with E-state index in [9.17, 15) is 14.4 Å². The van der Waals surface area contributed by atoms with Crippen LogP contribution in [0.15, 0.2) is 40.5 Å². The van der Waals surface area contributed by atoms with Crippen LogP contribution in [0.5, 0.6) is 0 Å². The molecule has 1 aromatic carbocycles. The number of aromatic nitrogens is 2. The average molecular weight is 410 g/mol. The summed E-state index contributed by atoms with van der Waals surface area (Å²) in [5, 5.41) is 2.29. The molecule has 2 aromatic heterocycles. The number of aryl methyl sites for hydroxylation is 2. The number of nitrogens with one attached hydrogen (secondary N) is 1. The van der Waals surface area contributed by atoms with Gasteiger partial charge in [0.1, 0.15) is 10.7 Å². The van der Waals surface area contributed by atoms with Gasteiger partial charge in [-0.05, 0) is 50.3 Å². The number of fused-ring (bicyclic) bond motifs is 1. The van der Waals surface area contributed by atoms with Crippen molar-refractivity contribution < 1.29 is 9.59 Å². The predicted molar refractivity (Wildman–Crippen MR) is 113 cm³/mol. The highest BCUT2D eigenvalue weighted by Crippen LogP contribution is 2.20. The zero-order valence-electron chi connectivity index (χ0n) is 16.3. The van der Waals surface area contributed by atoms with Crippen LogP contribution in [-0.4, -0.2) is 39.5 Å². The highest BCUT2D eigenvalue weighted by molar-refractivity contribution is 7.16. The van der Waals surface area contributed by atoms with E-state index in [-0.39, 0.29) is 23.3 Å². The van der Waals surface area contributed by atoms with Crippen molar-refractivity contribution in [2.75, 3.05) is 18.5 Å². The van der Waals surface area contributed by atoms with Gasteiger partial charge in [-0.15, -0.1) is 11.3 Å². The molecule has 1 aliphatic heterocycles. The molecule has 3 aromatic rings. The normalized spacial score (nSPS) is 16.8. The number of hydrogen-bond acceptors (Lipinski definition) is 5. The molecule has 8 heteroatoms. The standard InChI is InChI=1S/C21H22N4O3S/c1-13-5-7-15(8-6-13)20(27)24-10-3-4-16(12-24)18(26)23-25-14(2)22-19-17(21(25)28)9-11-29-19/h5-9,11,16H,3-4,10,12H2,1-2H3,(H,23,26). The maximum atomic E-state index is 12.9.